The fraction of sp³-hybridized carbons (Fsp3) is 0.571. The van der Waals surface area contributed by atoms with Crippen molar-refractivity contribution < 1.29 is 13.2 Å². The number of anilines is 1. The lowest BCUT2D eigenvalue weighted by molar-refractivity contribution is -0.137. The Morgan fingerprint density at radius 3 is 2.45 bits per heavy atom. The highest BCUT2D eigenvalue weighted by molar-refractivity contribution is 7.98. The highest BCUT2D eigenvalue weighted by atomic mass is 32.2. The van der Waals surface area contributed by atoms with E-state index in [1.54, 1.807) is 13.0 Å². The van der Waals surface area contributed by atoms with Crippen LogP contribution in [0.1, 0.15) is 43.2 Å². The largest absolute Gasteiger partial charge is 0.416 e. The molecule has 0 radical (unpaired) electrons. The second-order valence-corrected chi connectivity index (χ2v) is 5.89. The minimum Gasteiger partial charge on any atom is -0.317 e. The van der Waals surface area contributed by atoms with Crippen LogP contribution in [0.3, 0.4) is 0 Å². The van der Waals surface area contributed by atoms with Gasteiger partial charge in [-0.1, -0.05) is 19.3 Å². The lowest BCUT2D eigenvalue weighted by atomic mass is 9.96. The van der Waals surface area contributed by atoms with Crippen LogP contribution in [0, 0.1) is 6.92 Å². The van der Waals surface area contributed by atoms with Gasteiger partial charge in [0.2, 0.25) is 0 Å². The zero-order chi connectivity index (χ0) is 14.6. The van der Waals surface area contributed by atoms with Crippen molar-refractivity contribution in [3.05, 3.63) is 29.3 Å². The molecule has 0 aliphatic heterocycles. The summed E-state index contributed by atoms with van der Waals surface area (Å²) in [7, 11) is 0. The van der Waals surface area contributed by atoms with E-state index in [1.807, 2.05) is 0 Å². The van der Waals surface area contributed by atoms with Crippen molar-refractivity contribution in [3.8, 4) is 0 Å². The van der Waals surface area contributed by atoms with Gasteiger partial charge in [0, 0.05) is 23.9 Å². The molecule has 0 heterocycles. The summed E-state index contributed by atoms with van der Waals surface area (Å²) in [5.74, 6) is 0. The maximum Gasteiger partial charge on any atom is 0.416 e. The van der Waals surface area contributed by atoms with E-state index in [0.717, 1.165) is 25.0 Å². The second kappa shape index (κ2) is 6.72. The normalized spacial score (nSPS) is 17.2. The molecule has 0 bridgehead atoms. The third-order valence-electron chi connectivity index (χ3n) is 3.40. The number of hydrogen-bond acceptors (Lipinski definition) is 3. The van der Waals surface area contributed by atoms with Crippen LogP contribution in [0.25, 0.3) is 0 Å². The molecule has 1 aromatic carbocycles. The summed E-state index contributed by atoms with van der Waals surface area (Å²) in [5.41, 5.74) is 0.462. The van der Waals surface area contributed by atoms with Gasteiger partial charge in [-0.15, -0.1) is 0 Å². The molecule has 2 nitrogen and oxygen atoms in total. The van der Waals surface area contributed by atoms with Crippen LogP contribution < -0.4 is 9.44 Å². The van der Waals surface area contributed by atoms with Crippen molar-refractivity contribution >= 4 is 17.8 Å². The van der Waals surface area contributed by atoms with Gasteiger partial charge in [-0.2, -0.15) is 13.2 Å². The van der Waals surface area contributed by atoms with Gasteiger partial charge in [-0.3, -0.25) is 0 Å². The molecular weight excluding hydrogens is 285 g/mol. The Kier molecular flexibility index (Phi) is 5.21. The average molecular weight is 304 g/mol. The third kappa shape index (κ3) is 4.59. The summed E-state index contributed by atoms with van der Waals surface area (Å²) in [4.78, 5) is 0. The maximum atomic E-state index is 12.7. The molecule has 20 heavy (non-hydrogen) atoms. The zero-order valence-corrected chi connectivity index (χ0v) is 12.2. The van der Waals surface area contributed by atoms with Gasteiger partial charge in [0.1, 0.15) is 0 Å². The van der Waals surface area contributed by atoms with Crippen molar-refractivity contribution in [2.45, 2.75) is 51.2 Å². The van der Waals surface area contributed by atoms with E-state index >= 15 is 0 Å². The first kappa shape index (κ1) is 15.5. The third-order valence-corrected chi connectivity index (χ3v) is 4.19. The van der Waals surface area contributed by atoms with E-state index in [0.29, 0.717) is 17.3 Å². The molecule has 1 saturated carbocycles. The molecule has 0 amide bonds. The summed E-state index contributed by atoms with van der Waals surface area (Å²) in [6.07, 6.45) is 1.70. The molecule has 0 aromatic heterocycles. The van der Waals surface area contributed by atoms with Gasteiger partial charge in [0.15, 0.2) is 0 Å². The molecule has 1 aromatic rings. The van der Waals surface area contributed by atoms with Crippen LogP contribution in [0.4, 0.5) is 18.9 Å². The Morgan fingerprint density at radius 1 is 1.10 bits per heavy atom. The minimum atomic E-state index is -4.30. The SMILES string of the molecule is Cc1cc(NSNC2CCCCC2)cc(C(F)(F)F)c1. The first-order valence-electron chi connectivity index (χ1n) is 6.81. The van der Waals surface area contributed by atoms with Crippen LogP contribution in [0.5, 0.6) is 0 Å². The molecule has 1 aliphatic carbocycles. The second-order valence-electron chi connectivity index (χ2n) is 5.24. The highest BCUT2D eigenvalue weighted by Gasteiger charge is 2.30. The molecule has 0 saturated heterocycles. The topological polar surface area (TPSA) is 24.1 Å². The standard InChI is InChI=1S/C14H19F3N2S/c1-10-7-11(14(15,16)17)9-13(8-10)19-20-18-12-5-3-2-4-6-12/h7-9,12,18-19H,2-6H2,1H3. The summed E-state index contributed by atoms with van der Waals surface area (Å²) >= 11 is 1.27. The van der Waals surface area contributed by atoms with Crippen molar-refractivity contribution in [1.82, 2.24) is 4.72 Å². The number of nitrogens with one attached hydrogen (secondary N) is 2. The summed E-state index contributed by atoms with van der Waals surface area (Å²) in [5, 5.41) is 0. The molecule has 0 atom stereocenters. The van der Waals surface area contributed by atoms with E-state index in [-0.39, 0.29) is 0 Å². The number of benzene rings is 1. The van der Waals surface area contributed by atoms with E-state index < -0.39 is 11.7 Å². The lowest BCUT2D eigenvalue weighted by Gasteiger charge is -2.22. The Morgan fingerprint density at radius 2 is 1.80 bits per heavy atom. The highest BCUT2D eigenvalue weighted by Crippen LogP contribution is 2.32. The van der Waals surface area contributed by atoms with Crippen LogP contribution in [0.2, 0.25) is 0 Å². The fourth-order valence-electron chi connectivity index (χ4n) is 2.40. The van der Waals surface area contributed by atoms with Crippen molar-refractivity contribution in [2.75, 3.05) is 4.72 Å². The zero-order valence-electron chi connectivity index (χ0n) is 11.4. The lowest BCUT2D eigenvalue weighted by Crippen LogP contribution is -2.26. The van der Waals surface area contributed by atoms with Crippen molar-refractivity contribution in [1.29, 1.82) is 0 Å². The fourth-order valence-corrected chi connectivity index (χ4v) is 3.09. The van der Waals surface area contributed by atoms with Gasteiger partial charge in [0.25, 0.3) is 0 Å². The first-order valence-corrected chi connectivity index (χ1v) is 7.63. The number of alkyl halides is 3. The van der Waals surface area contributed by atoms with Gasteiger partial charge in [-0.05, 0) is 43.5 Å². The van der Waals surface area contributed by atoms with E-state index in [2.05, 4.69) is 9.44 Å². The maximum absolute atomic E-state index is 12.7. The Bertz CT molecular complexity index is 443. The molecule has 1 aliphatic rings. The van der Waals surface area contributed by atoms with Gasteiger partial charge in [0.05, 0.1) is 5.56 Å². The van der Waals surface area contributed by atoms with Crippen molar-refractivity contribution in [2.24, 2.45) is 0 Å². The molecule has 1 fully saturated rings. The molecular formula is C14H19F3N2S. The molecule has 6 heteroatoms. The predicted octanol–water partition coefficient (Wildman–Crippen LogP) is 4.91. The van der Waals surface area contributed by atoms with Crippen LogP contribution in [0.15, 0.2) is 18.2 Å². The first-order chi connectivity index (χ1) is 9.45. The summed E-state index contributed by atoms with van der Waals surface area (Å²) < 4.78 is 44.4. The van der Waals surface area contributed by atoms with Gasteiger partial charge >= 0.3 is 6.18 Å². The quantitative estimate of drug-likeness (QED) is 0.773. The molecule has 2 N–H and O–H groups in total. The number of halogens is 3. The van der Waals surface area contributed by atoms with Gasteiger partial charge in [-0.25, -0.2) is 4.72 Å². The summed E-state index contributed by atoms with van der Waals surface area (Å²) in [6.45, 7) is 1.67. The Labute approximate surface area is 121 Å². The summed E-state index contributed by atoms with van der Waals surface area (Å²) in [6, 6.07) is 4.46. The van der Waals surface area contributed by atoms with E-state index in [9.17, 15) is 13.2 Å². The van der Waals surface area contributed by atoms with Crippen LogP contribution in [-0.2, 0) is 6.18 Å². The molecule has 0 unspecified atom stereocenters. The number of rotatable bonds is 4. The van der Waals surface area contributed by atoms with Crippen LogP contribution >= 0.6 is 12.1 Å². The number of aryl methyl sites for hydroxylation is 1. The molecule has 2 rings (SSSR count). The average Bonchev–Trinajstić information content (AvgIpc) is 2.38. The van der Waals surface area contributed by atoms with Crippen LogP contribution in [-0.4, -0.2) is 6.04 Å². The molecule has 112 valence electrons. The Hall–Kier alpha value is -0.880. The van der Waals surface area contributed by atoms with E-state index in [1.165, 1.54) is 31.4 Å². The minimum absolute atomic E-state index is 0.452. The smallest absolute Gasteiger partial charge is 0.317 e. The van der Waals surface area contributed by atoms with Gasteiger partial charge < -0.3 is 4.72 Å². The molecule has 0 spiro atoms. The van der Waals surface area contributed by atoms with Crippen molar-refractivity contribution in [3.63, 3.8) is 0 Å². The Balaban J connectivity index is 1.90. The van der Waals surface area contributed by atoms with E-state index in [4.69, 9.17) is 0 Å². The predicted molar refractivity (Wildman–Crippen MR) is 77.4 cm³/mol. The number of hydrogen-bond donors (Lipinski definition) is 2. The monoisotopic (exact) mass is 304 g/mol.